The molecule has 2 unspecified atom stereocenters. The average molecular weight is 418 g/mol. The van der Waals surface area contributed by atoms with Gasteiger partial charge in [0.1, 0.15) is 12.1 Å². The van der Waals surface area contributed by atoms with Gasteiger partial charge < -0.3 is 15.5 Å². The molecule has 1 aliphatic rings. The van der Waals surface area contributed by atoms with Crippen LogP contribution < -0.4 is 10.6 Å². The number of carbonyl (C=O) groups excluding carboxylic acids is 3. The van der Waals surface area contributed by atoms with Crippen molar-refractivity contribution in [2.75, 3.05) is 13.1 Å². The van der Waals surface area contributed by atoms with E-state index < -0.39 is 42.5 Å². The van der Waals surface area contributed by atoms with Gasteiger partial charge in [-0.25, -0.2) is 0 Å². The maximum Gasteiger partial charge on any atom is 0.471 e. The third-order valence-electron chi connectivity index (χ3n) is 4.01. The van der Waals surface area contributed by atoms with Crippen molar-refractivity contribution in [2.45, 2.75) is 31.1 Å². The first-order valence-electron chi connectivity index (χ1n) is 8.08. The Labute approximate surface area is 162 Å². The Bertz CT molecular complexity index is 811. The van der Waals surface area contributed by atoms with Crippen LogP contribution >= 0.6 is 11.6 Å². The molecule has 12 heteroatoms. The van der Waals surface area contributed by atoms with Crippen molar-refractivity contribution in [1.29, 1.82) is 5.26 Å². The number of rotatable bonds is 5. The van der Waals surface area contributed by atoms with Crippen molar-refractivity contribution < 1.29 is 27.6 Å². The monoisotopic (exact) mass is 417 g/mol. The first-order chi connectivity index (χ1) is 13.1. The molecular weight excluding hydrogens is 403 g/mol. The van der Waals surface area contributed by atoms with E-state index >= 15 is 0 Å². The van der Waals surface area contributed by atoms with Crippen LogP contribution in [0.15, 0.2) is 18.5 Å². The molecule has 0 aromatic carbocycles. The minimum atomic E-state index is -5.10. The number of aromatic nitrogens is 1. The number of nitrogens with one attached hydrogen (secondary N) is 2. The van der Waals surface area contributed by atoms with E-state index in [1.165, 1.54) is 23.8 Å². The summed E-state index contributed by atoms with van der Waals surface area (Å²) in [4.78, 5) is 40.4. The lowest BCUT2D eigenvalue weighted by molar-refractivity contribution is -0.174. The third kappa shape index (κ3) is 5.32. The normalized spacial score (nSPS) is 17.5. The second-order valence-corrected chi connectivity index (χ2v) is 6.37. The smallest absolute Gasteiger partial charge is 0.339 e. The molecule has 150 valence electrons. The predicted octanol–water partition coefficient (Wildman–Crippen LogP) is 1.09. The molecule has 2 rings (SSSR count). The number of nitriles is 1. The summed E-state index contributed by atoms with van der Waals surface area (Å²) < 4.78 is 36.6. The number of pyridine rings is 1. The number of carbonyl (C=O) groups is 3. The van der Waals surface area contributed by atoms with E-state index in [4.69, 9.17) is 11.6 Å². The van der Waals surface area contributed by atoms with E-state index in [1.807, 2.05) is 6.07 Å². The first kappa shape index (κ1) is 21.4. The Hall–Kier alpha value is -2.87. The largest absolute Gasteiger partial charge is 0.471 e. The second-order valence-electron chi connectivity index (χ2n) is 5.93. The Balaban J connectivity index is 2.01. The zero-order valence-electron chi connectivity index (χ0n) is 14.3. The van der Waals surface area contributed by atoms with Crippen molar-refractivity contribution >= 4 is 29.3 Å². The topological polar surface area (TPSA) is 115 Å². The van der Waals surface area contributed by atoms with Crippen LogP contribution in [-0.2, 0) is 14.4 Å². The Morgan fingerprint density at radius 3 is 2.71 bits per heavy atom. The molecule has 0 bridgehead atoms. The highest BCUT2D eigenvalue weighted by Gasteiger charge is 2.40. The highest BCUT2D eigenvalue weighted by molar-refractivity contribution is 6.30. The molecule has 0 spiro atoms. The van der Waals surface area contributed by atoms with Gasteiger partial charge in [-0.05, 0) is 18.9 Å². The summed E-state index contributed by atoms with van der Waals surface area (Å²) in [6, 6.07) is 1.31. The molecule has 0 radical (unpaired) electrons. The minimum absolute atomic E-state index is 0.148. The maximum absolute atomic E-state index is 12.5. The fourth-order valence-corrected chi connectivity index (χ4v) is 2.89. The Morgan fingerprint density at radius 1 is 1.39 bits per heavy atom. The predicted molar refractivity (Wildman–Crippen MR) is 89.5 cm³/mol. The van der Waals surface area contributed by atoms with E-state index in [2.05, 4.69) is 10.3 Å². The molecule has 2 atom stereocenters. The number of hydrogen-bond donors (Lipinski definition) is 2. The highest BCUT2D eigenvalue weighted by atomic mass is 35.5. The van der Waals surface area contributed by atoms with E-state index in [9.17, 15) is 32.8 Å². The molecule has 28 heavy (non-hydrogen) atoms. The van der Waals surface area contributed by atoms with Crippen molar-refractivity contribution in [3.05, 3.63) is 29.0 Å². The quantitative estimate of drug-likeness (QED) is 0.744. The van der Waals surface area contributed by atoms with Gasteiger partial charge in [-0.3, -0.25) is 19.4 Å². The van der Waals surface area contributed by atoms with Crippen LogP contribution in [0.3, 0.4) is 0 Å². The zero-order chi connectivity index (χ0) is 20.9. The molecule has 3 amide bonds. The number of amides is 3. The van der Waals surface area contributed by atoms with Crippen LogP contribution in [0.5, 0.6) is 0 Å². The summed E-state index contributed by atoms with van der Waals surface area (Å²) in [6.07, 6.45) is -1.67. The van der Waals surface area contributed by atoms with Gasteiger partial charge >= 0.3 is 12.1 Å². The van der Waals surface area contributed by atoms with Crippen LogP contribution in [-0.4, -0.2) is 52.9 Å². The van der Waals surface area contributed by atoms with Gasteiger partial charge in [-0.1, -0.05) is 11.6 Å². The number of halogens is 4. The number of alkyl halides is 3. The summed E-state index contributed by atoms with van der Waals surface area (Å²) in [5.41, 5.74) is 0.344. The SMILES string of the molecule is N#CC(NC(=O)C1CCCN1C(=O)CNC(=O)C(F)(F)F)c1cncc(Cl)c1. The zero-order valence-corrected chi connectivity index (χ0v) is 15.0. The van der Waals surface area contributed by atoms with Crippen molar-refractivity contribution in [1.82, 2.24) is 20.5 Å². The molecule has 1 aromatic heterocycles. The summed E-state index contributed by atoms with van der Waals surface area (Å²) in [6.45, 7) is -0.739. The van der Waals surface area contributed by atoms with Crippen LogP contribution in [0.4, 0.5) is 13.2 Å². The summed E-state index contributed by atoms with van der Waals surface area (Å²) >= 11 is 5.81. The lowest BCUT2D eigenvalue weighted by Crippen LogP contribution is -2.50. The number of hydrogen-bond acceptors (Lipinski definition) is 5. The molecule has 1 aliphatic heterocycles. The van der Waals surface area contributed by atoms with Gasteiger partial charge in [0.15, 0.2) is 0 Å². The van der Waals surface area contributed by atoms with Crippen LogP contribution in [0.25, 0.3) is 0 Å². The van der Waals surface area contributed by atoms with Crippen molar-refractivity contribution in [2.24, 2.45) is 0 Å². The van der Waals surface area contributed by atoms with Gasteiger partial charge in [-0.15, -0.1) is 0 Å². The second kappa shape index (κ2) is 8.88. The molecule has 1 fully saturated rings. The van der Waals surface area contributed by atoms with E-state index in [-0.39, 0.29) is 18.0 Å². The minimum Gasteiger partial charge on any atom is -0.339 e. The Kier molecular flexibility index (Phi) is 6.80. The van der Waals surface area contributed by atoms with Crippen molar-refractivity contribution in [3.8, 4) is 6.07 Å². The summed E-state index contributed by atoms with van der Waals surface area (Å²) in [5.74, 6) is -3.70. The fourth-order valence-electron chi connectivity index (χ4n) is 2.71. The van der Waals surface area contributed by atoms with Crippen LogP contribution in [0, 0.1) is 11.3 Å². The van der Waals surface area contributed by atoms with Crippen molar-refractivity contribution in [3.63, 3.8) is 0 Å². The van der Waals surface area contributed by atoms with Gasteiger partial charge in [0, 0.05) is 24.5 Å². The van der Waals surface area contributed by atoms with Gasteiger partial charge in [-0.2, -0.15) is 18.4 Å². The van der Waals surface area contributed by atoms with E-state index in [0.29, 0.717) is 12.0 Å². The summed E-state index contributed by atoms with van der Waals surface area (Å²) in [5, 5.41) is 13.5. The molecule has 2 N–H and O–H groups in total. The fraction of sp³-hybridized carbons (Fsp3) is 0.438. The van der Waals surface area contributed by atoms with E-state index in [1.54, 1.807) is 0 Å². The molecule has 0 aliphatic carbocycles. The third-order valence-corrected chi connectivity index (χ3v) is 4.22. The lowest BCUT2D eigenvalue weighted by atomic mass is 10.1. The first-order valence-corrected chi connectivity index (χ1v) is 8.46. The van der Waals surface area contributed by atoms with Gasteiger partial charge in [0.05, 0.1) is 17.6 Å². The molecule has 2 heterocycles. The number of likely N-dealkylation sites (tertiary alicyclic amines) is 1. The summed E-state index contributed by atoms with van der Waals surface area (Å²) in [7, 11) is 0. The molecular formula is C16H15ClF3N5O3. The van der Waals surface area contributed by atoms with E-state index in [0.717, 1.165) is 4.90 Å². The average Bonchev–Trinajstić information content (AvgIpc) is 3.12. The highest BCUT2D eigenvalue weighted by Crippen LogP contribution is 2.21. The number of nitrogens with zero attached hydrogens (tertiary/aromatic N) is 3. The standard InChI is InChI=1S/C16H15ClF3N5O3/c17-10-4-9(6-22-7-10)11(5-21)24-14(27)12-2-1-3-25(12)13(26)8-23-15(28)16(18,19)20/h4,6-7,11-12H,1-3,8H2,(H,23,28)(H,24,27). The maximum atomic E-state index is 12.5. The molecule has 0 saturated carbocycles. The molecule has 8 nitrogen and oxygen atoms in total. The van der Waals surface area contributed by atoms with Crippen LogP contribution in [0.1, 0.15) is 24.4 Å². The molecule has 1 saturated heterocycles. The van der Waals surface area contributed by atoms with Crippen LogP contribution in [0.2, 0.25) is 5.02 Å². The Morgan fingerprint density at radius 2 is 2.11 bits per heavy atom. The molecule has 1 aromatic rings. The lowest BCUT2D eigenvalue weighted by Gasteiger charge is -2.25. The van der Waals surface area contributed by atoms with Gasteiger partial charge in [0.25, 0.3) is 0 Å². The van der Waals surface area contributed by atoms with Gasteiger partial charge in [0.2, 0.25) is 11.8 Å².